The molecule has 0 N–H and O–H groups in total. The zero-order valence-electron chi connectivity index (χ0n) is 21.8. The van der Waals surface area contributed by atoms with Crippen LogP contribution in [-0.2, 0) is 21.1 Å². The topological polar surface area (TPSA) is 39.9 Å². The van der Waals surface area contributed by atoms with E-state index in [0.29, 0.717) is 11.8 Å². The van der Waals surface area contributed by atoms with Gasteiger partial charge in [-0.1, -0.05) is 83.9 Å². The molecule has 5 aromatic carbocycles. The van der Waals surface area contributed by atoms with E-state index in [1.807, 2.05) is 66.7 Å². The normalized spacial score (nSPS) is 10.7. The van der Waals surface area contributed by atoms with Crippen LogP contribution in [0.25, 0.3) is 50.2 Å². The minimum absolute atomic E-state index is 0. The number of rotatable bonds is 6. The van der Waals surface area contributed by atoms with E-state index in [4.69, 9.17) is 9.72 Å². The van der Waals surface area contributed by atoms with E-state index in [9.17, 15) is 0 Å². The molecule has 7 aromatic rings. The first kappa shape index (κ1) is 26.4. The van der Waals surface area contributed by atoms with Crippen LogP contribution in [0.4, 0.5) is 0 Å². The molecule has 0 unspecified atom stereocenters. The third-order valence-corrected chi connectivity index (χ3v) is 6.79. The van der Waals surface area contributed by atoms with Gasteiger partial charge in [0, 0.05) is 23.2 Å². The van der Waals surface area contributed by atoms with Crippen LogP contribution in [0.2, 0.25) is 0 Å². The number of para-hydroxylation sites is 3. The van der Waals surface area contributed by atoms with E-state index in [0.717, 1.165) is 50.2 Å². The second-order valence-electron chi connectivity index (χ2n) is 9.31. The van der Waals surface area contributed by atoms with Crippen molar-refractivity contribution in [3.63, 3.8) is 0 Å². The van der Waals surface area contributed by atoms with Crippen LogP contribution in [0.1, 0.15) is 0 Å². The van der Waals surface area contributed by atoms with Crippen LogP contribution in [0.3, 0.4) is 0 Å². The number of nitrogens with zero attached hydrogens (tertiary/aromatic N) is 3. The Morgan fingerprint density at radius 3 is 2.22 bits per heavy atom. The summed E-state index contributed by atoms with van der Waals surface area (Å²) in [5, 5.41) is 0. The molecule has 7 rings (SSSR count). The number of benzene rings is 5. The van der Waals surface area contributed by atoms with Crippen molar-refractivity contribution in [2.45, 2.75) is 0 Å². The first-order chi connectivity index (χ1) is 19.8. The molecule has 0 amide bonds. The van der Waals surface area contributed by atoms with Crippen molar-refractivity contribution in [1.82, 2.24) is 14.5 Å². The molecular weight excluding hydrogens is 685 g/mol. The number of ether oxygens (including phenoxy) is 1. The van der Waals surface area contributed by atoms with E-state index in [2.05, 4.69) is 88.4 Å². The third-order valence-electron chi connectivity index (χ3n) is 6.79. The molecule has 0 radical (unpaired) electrons. The van der Waals surface area contributed by atoms with Crippen molar-refractivity contribution >= 4 is 11.0 Å². The minimum atomic E-state index is 0. The molecule has 4 nitrogen and oxygen atoms in total. The minimum Gasteiger partial charge on any atom is -0.452 e. The van der Waals surface area contributed by atoms with Gasteiger partial charge in [0.1, 0.15) is 0 Å². The summed E-state index contributed by atoms with van der Waals surface area (Å²) >= 11 is 0. The van der Waals surface area contributed by atoms with Crippen molar-refractivity contribution < 1.29 is 25.8 Å². The van der Waals surface area contributed by atoms with Crippen molar-refractivity contribution in [1.29, 1.82) is 0 Å². The van der Waals surface area contributed by atoms with Crippen LogP contribution in [0.5, 0.6) is 11.8 Å². The van der Waals surface area contributed by atoms with Crippen LogP contribution < -0.4 is 4.74 Å². The van der Waals surface area contributed by atoms with Gasteiger partial charge in [-0.05, 0) is 23.8 Å². The first-order valence-electron chi connectivity index (χ1n) is 13.1. The van der Waals surface area contributed by atoms with Gasteiger partial charge in [-0.3, -0.25) is 9.55 Å². The van der Waals surface area contributed by atoms with Crippen molar-refractivity contribution in [3.8, 4) is 51.0 Å². The number of imidazole rings is 1. The van der Waals surface area contributed by atoms with E-state index in [1.54, 1.807) is 6.20 Å². The first-order valence-corrected chi connectivity index (χ1v) is 13.1. The van der Waals surface area contributed by atoms with Crippen molar-refractivity contribution in [3.05, 3.63) is 152 Å². The summed E-state index contributed by atoms with van der Waals surface area (Å²) in [5.41, 5.74) is 8.64. The fraction of sp³-hybridized carbons (Fsp3) is 0. The summed E-state index contributed by atoms with van der Waals surface area (Å²) in [6, 6.07) is 51.7. The standard InChI is InChI=1S/C36H23N3O.Pt/c1-3-13-26(14-4-1)30-19-7-8-22-33(30)39-34-23-12-20-31(35(34)38-36(39)40-29-17-5-2-6-18-29)27-15-11-16-28(25-27)32-21-9-10-24-37-32;/h1-17,19-24H;/q-2;+2. The van der Waals surface area contributed by atoms with Gasteiger partial charge in [-0.15, -0.1) is 42.0 Å². The number of aromatic nitrogens is 3. The van der Waals surface area contributed by atoms with E-state index in [-0.39, 0.29) is 21.1 Å². The number of fused-ring (bicyclic) bond motifs is 1. The molecule has 5 heteroatoms. The van der Waals surface area contributed by atoms with Gasteiger partial charge in [0.05, 0.1) is 16.7 Å². The average molecular weight is 709 g/mol. The van der Waals surface area contributed by atoms with E-state index < -0.39 is 0 Å². The smallest absolute Gasteiger partial charge is 0.452 e. The molecule has 0 saturated carbocycles. The SMILES string of the molecule is [Pt+2].[c-]1ccccc1Oc1nc2c(-c3[c-]c(-c4ccccn4)ccc3)cccc2n1-c1ccccc1-c1ccccc1. The molecule has 0 aliphatic heterocycles. The van der Waals surface area contributed by atoms with Crippen LogP contribution in [-0.4, -0.2) is 14.5 Å². The Bertz CT molecular complexity index is 1920. The number of hydrogen-bond acceptors (Lipinski definition) is 3. The molecular formula is C36H23N3OPt. The average Bonchev–Trinajstić information content (AvgIpc) is 3.40. The van der Waals surface area contributed by atoms with Crippen LogP contribution >= 0.6 is 0 Å². The van der Waals surface area contributed by atoms with Gasteiger partial charge < -0.3 is 4.74 Å². The summed E-state index contributed by atoms with van der Waals surface area (Å²) in [6.07, 6.45) is 1.80. The largest absolute Gasteiger partial charge is 2.00 e. The fourth-order valence-corrected chi connectivity index (χ4v) is 4.96. The quantitative estimate of drug-likeness (QED) is 0.162. The summed E-state index contributed by atoms with van der Waals surface area (Å²) in [7, 11) is 0. The van der Waals surface area contributed by atoms with Crippen molar-refractivity contribution in [2.75, 3.05) is 0 Å². The van der Waals surface area contributed by atoms with Gasteiger partial charge in [0.25, 0.3) is 0 Å². The van der Waals surface area contributed by atoms with Gasteiger partial charge in [0.15, 0.2) is 0 Å². The monoisotopic (exact) mass is 708 g/mol. The van der Waals surface area contributed by atoms with E-state index >= 15 is 0 Å². The zero-order valence-corrected chi connectivity index (χ0v) is 24.1. The Kier molecular flexibility index (Phi) is 7.58. The molecule has 0 spiro atoms. The van der Waals surface area contributed by atoms with Crippen molar-refractivity contribution in [2.24, 2.45) is 0 Å². The van der Waals surface area contributed by atoms with Gasteiger partial charge in [-0.2, -0.15) is 18.2 Å². The Morgan fingerprint density at radius 1 is 0.634 bits per heavy atom. The third kappa shape index (κ3) is 5.22. The van der Waals surface area contributed by atoms with Crippen LogP contribution in [0, 0.1) is 12.1 Å². The predicted octanol–water partition coefficient (Wildman–Crippen LogP) is 8.81. The van der Waals surface area contributed by atoms with Gasteiger partial charge in [-0.25, -0.2) is 4.98 Å². The molecule has 0 aliphatic rings. The predicted molar refractivity (Wildman–Crippen MR) is 159 cm³/mol. The Hall–Kier alpha value is -4.79. The molecule has 0 saturated heterocycles. The molecule has 0 aliphatic carbocycles. The molecule has 2 heterocycles. The summed E-state index contributed by atoms with van der Waals surface area (Å²) in [5.74, 6) is 0.599. The second-order valence-corrected chi connectivity index (χ2v) is 9.31. The Morgan fingerprint density at radius 2 is 1.39 bits per heavy atom. The molecule has 2 aromatic heterocycles. The number of pyridine rings is 1. The summed E-state index contributed by atoms with van der Waals surface area (Å²) in [4.78, 5) is 9.60. The molecule has 0 atom stereocenters. The maximum Gasteiger partial charge on any atom is 2.00 e. The Balaban J connectivity index is 0.00000302. The zero-order chi connectivity index (χ0) is 26.7. The summed E-state index contributed by atoms with van der Waals surface area (Å²) < 4.78 is 8.49. The second kappa shape index (κ2) is 11.8. The number of hydrogen-bond donors (Lipinski definition) is 0. The molecule has 198 valence electrons. The van der Waals surface area contributed by atoms with Gasteiger partial charge in [0.2, 0.25) is 0 Å². The van der Waals surface area contributed by atoms with Gasteiger partial charge >= 0.3 is 27.1 Å². The fourth-order valence-electron chi connectivity index (χ4n) is 4.96. The summed E-state index contributed by atoms with van der Waals surface area (Å²) in [6.45, 7) is 0. The Labute approximate surface area is 253 Å². The molecule has 0 fully saturated rings. The van der Waals surface area contributed by atoms with E-state index in [1.165, 1.54) is 0 Å². The maximum absolute atomic E-state index is 6.40. The molecule has 41 heavy (non-hydrogen) atoms. The maximum atomic E-state index is 6.40. The van der Waals surface area contributed by atoms with Crippen LogP contribution in [0.15, 0.2) is 140 Å². The molecule has 0 bridgehead atoms.